The Kier molecular flexibility index (Phi) is 3.78. The van der Waals surface area contributed by atoms with Gasteiger partial charge in [-0.1, -0.05) is 0 Å². The quantitative estimate of drug-likeness (QED) is 0.788. The van der Waals surface area contributed by atoms with E-state index in [0.717, 1.165) is 10.3 Å². The summed E-state index contributed by atoms with van der Waals surface area (Å²) in [5.74, 6) is 1.48. The van der Waals surface area contributed by atoms with Crippen LogP contribution < -0.4 is 4.90 Å². The molecule has 0 atom stereocenters. The minimum absolute atomic E-state index is 0.0988. The van der Waals surface area contributed by atoms with E-state index in [1.165, 1.54) is 0 Å². The van der Waals surface area contributed by atoms with E-state index in [1.54, 1.807) is 6.20 Å². The van der Waals surface area contributed by atoms with Crippen LogP contribution in [0.25, 0.3) is 0 Å². The second-order valence-corrected chi connectivity index (χ2v) is 4.94. The Morgan fingerprint density at radius 2 is 2.21 bits per heavy atom. The van der Waals surface area contributed by atoms with Crippen LogP contribution >= 0.6 is 27.5 Å². The lowest BCUT2D eigenvalue weighted by Crippen LogP contribution is -2.43. The highest BCUT2D eigenvalue weighted by molar-refractivity contribution is 9.10. The van der Waals surface area contributed by atoms with Crippen molar-refractivity contribution in [3.05, 3.63) is 22.8 Å². The fraction of sp³-hybridized carbons (Fsp3) is 0.500. The molecule has 0 fully saturated rings. The number of halogens is 2. The van der Waals surface area contributed by atoms with Crippen LogP contribution in [0.15, 0.2) is 22.8 Å². The zero-order valence-electron chi connectivity index (χ0n) is 8.59. The monoisotopic (exact) mass is 276 g/mol. The summed E-state index contributed by atoms with van der Waals surface area (Å²) in [6, 6.07) is 3.87. The number of hydrogen-bond donors (Lipinski definition) is 0. The fourth-order valence-electron chi connectivity index (χ4n) is 1.00. The lowest BCUT2D eigenvalue weighted by Gasteiger charge is -2.35. The molecule has 14 heavy (non-hydrogen) atoms. The summed E-state index contributed by atoms with van der Waals surface area (Å²) >= 11 is 9.38. The van der Waals surface area contributed by atoms with Gasteiger partial charge in [0.05, 0.1) is 4.47 Å². The Labute approximate surface area is 98.4 Å². The molecular weight excluding hydrogens is 263 g/mol. The molecule has 1 heterocycles. The molecule has 0 N–H and O–H groups in total. The van der Waals surface area contributed by atoms with Gasteiger partial charge >= 0.3 is 0 Å². The molecule has 0 spiro atoms. The van der Waals surface area contributed by atoms with Crippen LogP contribution in [-0.2, 0) is 0 Å². The maximum atomic E-state index is 5.91. The van der Waals surface area contributed by atoms with Crippen molar-refractivity contribution in [2.75, 3.05) is 17.8 Å². The minimum atomic E-state index is -0.0988. The van der Waals surface area contributed by atoms with Crippen molar-refractivity contribution in [1.82, 2.24) is 4.98 Å². The van der Waals surface area contributed by atoms with E-state index in [-0.39, 0.29) is 5.54 Å². The molecule has 0 amide bonds. The molecule has 0 aliphatic rings. The van der Waals surface area contributed by atoms with E-state index in [4.69, 9.17) is 11.6 Å². The standard InChI is InChI=1S/C10H14BrClN2/c1-10(2,7-12)14(3)9-8(11)5-4-6-13-9/h4-6H,7H2,1-3H3. The Morgan fingerprint density at radius 1 is 1.57 bits per heavy atom. The lowest BCUT2D eigenvalue weighted by molar-refractivity contribution is 0.539. The van der Waals surface area contributed by atoms with Gasteiger partial charge in [-0.05, 0) is 41.9 Å². The number of aromatic nitrogens is 1. The summed E-state index contributed by atoms with van der Waals surface area (Å²) in [5, 5.41) is 0. The molecular formula is C10H14BrClN2. The van der Waals surface area contributed by atoms with E-state index in [1.807, 2.05) is 19.2 Å². The molecule has 0 aromatic carbocycles. The summed E-state index contributed by atoms with van der Waals surface area (Å²) < 4.78 is 0.987. The average molecular weight is 278 g/mol. The molecule has 4 heteroatoms. The van der Waals surface area contributed by atoms with E-state index in [0.29, 0.717) is 5.88 Å². The summed E-state index contributed by atoms with van der Waals surface area (Å²) in [5.41, 5.74) is -0.0988. The van der Waals surface area contributed by atoms with Crippen LogP contribution in [0.1, 0.15) is 13.8 Å². The van der Waals surface area contributed by atoms with E-state index < -0.39 is 0 Å². The average Bonchev–Trinajstić information content (AvgIpc) is 2.17. The van der Waals surface area contributed by atoms with Crippen molar-refractivity contribution >= 4 is 33.3 Å². The van der Waals surface area contributed by atoms with Gasteiger partial charge in [-0.25, -0.2) is 4.98 Å². The molecule has 0 aliphatic carbocycles. The van der Waals surface area contributed by atoms with Crippen molar-refractivity contribution in [1.29, 1.82) is 0 Å². The molecule has 0 saturated heterocycles. The topological polar surface area (TPSA) is 16.1 Å². The first-order valence-corrected chi connectivity index (χ1v) is 5.72. The smallest absolute Gasteiger partial charge is 0.143 e. The maximum Gasteiger partial charge on any atom is 0.143 e. The Bertz CT molecular complexity index is 315. The van der Waals surface area contributed by atoms with Gasteiger partial charge in [-0.15, -0.1) is 11.6 Å². The molecule has 1 aromatic rings. The second-order valence-electron chi connectivity index (χ2n) is 3.81. The van der Waals surface area contributed by atoms with Gasteiger partial charge < -0.3 is 4.90 Å². The number of rotatable bonds is 3. The molecule has 0 radical (unpaired) electrons. The normalized spacial score (nSPS) is 11.5. The summed E-state index contributed by atoms with van der Waals surface area (Å²) in [6.45, 7) is 4.17. The Morgan fingerprint density at radius 3 is 2.71 bits per heavy atom. The highest BCUT2D eigenvalue weighted by atomic mass is 79.9. The van der Waals surface area contributed by atoms with Crippen LogP contribution in [0.5, 0.6) is 0 Å². The molecule has 0 bridgehead atoms. The number of alkyl halides is 1. The molecule has 1 aromatic heterocycles. The molecule has 0 aliphatic heterocycles. The van der Waals surface area contributed by atoms with E-state index in [2.05, 4.69) is 39.7 Å². The Hall–Kier alpha value is -0.280. The number of hydrogen-bond acceptors (Lipinski definition) is 2. The first-order chi connectivity index (χ1) is 6.49. The molecule has 78 valence electrons. The third kappa shape index (κ3) is 2.39. The predicted molar refractivity (Wildman–Crippen MR) is 65.1 cm³/mol. The second kappa shape index (κ2) is 4.49. The highest BCUT2D eigenvalue weighted by Crippen LogP contribution is 2.27. The highest BCUT2D eigenvalue weighted by Gasteiger charge is 2.24. The van der Waals surface area contributed by atoms with Crippen LogP contribution in [0, 0.1) is 0 Å². The summed E-state index contributed by atoms with van der Waals surface area (Å²) in [7, 11) is 2.00. The van der Waals surface area contributed by atoms with Gasteiger partial charge in [0.2, 0.25) is 0 Å². The Balaban J connectivity index is 3.00. The fourth-order valence-corrected chi connectivity index (χ4v) is 1.70. The van der Waals surface area contributed by atoms with Crippen LogP contribution in [0.4, 0.5) is 5.82 Å². The van der Waals surface area contributed by atoms with Gasteiger partial charge in [0.1, 0.15) is 5.82 Å². The minimum Gasteiger partial charge on any atom is -0.352 e. The van der Waals surface area contributed by atoms with Gasteiger partial charge in [0.15, 0.2) is 0 Å². The third-order valence-corrected chi connectivity index (χ3v) is 3.56. The largest absolute Gasteiger partial charge is 0.352 e. The van der Waals surface area contributed by atoms with Crippen LogP contribution in [-0.4, -0.2) is 23.5 Å². The molecule has 0 saturated carbocycles. The first kappa shape index (κ1) is 11.8. The lowest BCUT2D eigenvalue weighted by atomic mass is 10.1. The zero-order chi connectivity index (χ0) is 10.8. The van der Waals surface area contributed by atoms with E-state index in [9.17, 15) is 0 Å². The summed E-state index contributed by atoms with van der Waals surface area (Å²) in [6.07, 6.45) is 1.78. The maximum absolute atomic E-state index is 5.91. The molecule has 0 unspecified atom stereocenters. The van der Waals surface area contributed by atoms with Crippen LogP contribution in [0.3, 0.4) is 0 Å². The van der Waals surface area contributed by atoms with Crippen molar-refractivity contribution < 1.29 is 0 Å². The van der Waals surface area contributed by atoms with Crippen molar-refractivity contribution in [2.24, 2.45) is 0 Å². The summed E-state index contributed by atoms with van der Waals surface area (Å²) in [4.78, 5) is 6.39. The van der Waals surface area contributed by atoms with Crippen LogP contribution in [0.2, 0.25) is 0 Å². The third-order valence-electron chi connectivity index (χ3n) is 2.29. The number of pyridine rings is 1. The predicted octanol–water partition coefficient (Wildman–Crippen LogP) is 3.30. The van der Waals surface area contributed by atoms with Gasteiger partial charge in [-0.2, -0.15) is 0 Å². The van der Waals surface area contributed by atoms with Crippen molar-refractivity contribution in [3.63, 3.8) is 0 Å². The number of nitrogens with zero attached hydrogens (tertiary/aromatic N) is 2. The number of anilines is 1. The van der Waals surface area contributed by atoms with Gasteiger partial charge in [0.25, 0.3) is 0 Å². The van der Waals surface area contributed by atoms with Crippen molar-refractivity contribution in [2.45, 2.75) is 19.4 Å². The molecule has 1 rings (SSSR count). The van der Waals surface area contributed by atoms with Crippen molar-refractivity contribution in [3.8, 4) is 0 Å². The van der Waals surface area contributed by atoms with Gasteiger partial charge in [-0.3, -0.25) is 0 Å². The molecule has 2 nitrogen and oxygen atoms in total. The first-order valence-electron chi connectivity index (χ1n) is 4.39. The SMILES string of the molecule is CN(c1ncccc1Br)C(C)(C)CCl. The van der Waals surface area contributed by atoms with Gasteiger partial charge in [0, 0.05) is 24.7 Å². The van der Waals surface area contributed by atoms with E-state index >= 15 is 0 Å². The zero-order valence-corrected chi connectivity index (χ0v) is 10.9.